The molecule has 1 fully saturated rings. The molecule has 4 rings (SSSR count). The smallest absolute Gasteiger partial charge is 0.287 e. The van der Waals surface area contributed by atoms with Crippen LogP contribution >= 0.6 is 24.2 Å². The number of para-hydroxylation sites is 1. The number of carbonyl (C=O) groups excluding carboxylic acids is 1. The van der Waals surface area contributed by atoms with Crippen molar-refractivity contribution < 1.29 is 13.6 Å². The molecule has 1 aromatic heterocycles. The highest BCUT2D eigenvalue weighted by Gasteiger charge is 2.24. The summed E-state index contributed by atoms with van der Waals surface area (Å²) in [7, 11) is 0. The van der Waals surface area contributed by atoms with Crippen LogP contribution in [0.3, 0.4) is 0 Å². The molecule has 0 spiro atoms. The van der Waals surface area contributed by atoms with Gasteiger partial charge in [0.15, 0.2) is 5.76 Å². The van der Waals surface area contributed by atoms with E-state index in [1.165, 1.54) is 12.1 Å². The van der Waals surface area contributed by atoms with Crippen LogP contribution in [0.25, 0.3) is 11.0 Å². The molecule has 0 aliphatic carbocycles. The molecular formula is C20H20ClFN2O2S. The quantitative estimate of drug-likeness (QED) is 0.617. The van der Waals surface area contributed by atoms with Gasteiger partial charge in [-0.05, 0) is 43.3 Å². The number of halogens is 2. The van der Waals surface area contributed by atoms with Gasteiger partial charge >= 0.3 is 0 Å². The van der Waals surface area contributed by atoms with Crippen LogP contribution < -0.4 is 10.6 Å². The maximum Gasteiger partial charge on any atom is 0.287 e. The first-order valence-electron chi connectivity index (χ1n) is 8.61. The number of furan rings is 1. The van der Waals surface area contributed by atoms with E-state index >= 15 is 0 Å². The zero-order valence-corrected chi connectivity index (χ0v) is 16.2. The first-order chi connectivity index (χ1) is 12.7. The molecule has 0 radical (unpaired) electrons. The van der Waals surface area contributed by atoms with E-state index in [4.69, 9.17) is 4.42 Å². The fourth-order valence-corrected chi connectivity index (χ4v) is 4.07. The molecule has 2 heterocycles. The van der Waals surface area contributed by atoms with Crippen molar-refractivity contribution in [2.75, 3.05) is 13.1 Å². The van der Waals surface area contributed by atoms with E-state index in [2.05, 4.69) is 10.6 Å². The van der Waals surface area contributed by atoms with Gasteiger partial charge in [-0.1, -0.05) is 18.2 Å². The van der Waals surface area contributed by atoms with Gasteiger partial charge in [0.05, 0.1) is 0 Å². The van der Waals surface area contributed by atoms with Crippen LogP contribution in [0.4, 0.5) is 4.39 Å². The first-order valence-corrected chi connectivity index (χ1v) is 9.59. The van der Waals surface area contributed by atoms with Gasteiger partial charge < -0.3 is 15.1 Å². The Hall–Kier alpha value is -2.02. The number of thioether (sulfide) groups is 1. The molecule has 1 aliphatic heterocycles. The molecule has 1 amide bonds. The number of nitrogens with one attached hydrogen (secondary N) is 2. The van der Waals surface area contributed by atoms with Crippen molar-refractivity contribution in [2.24, 2.45) is 0 Å². The van der Waals surface area contributed by atoms with Gasteiger partial charge in [0.2, 0.25) is 0 Å². The van der Waals surface area contributed by atoms with Gasteiger partial charge in [-0.2, -0.15) is 0 Å². The summed E-state index contributed by atoms with van der Waals surface area (Å²) in [4.78, 5) is 13.7. The van der Waals surface area contributed by atoms with Crippen LogP contribution in [-0.2, 0) is 5.75 Å². The molecule has 3 aromatic rings. The molecule has 1 atom stereocenters. The molecule has 7 heteroatoms. The van der Waals surface area contributed by atoms with Gasteiger partial charge in [-0.3, -0.25) is 4.79 Å². The number of benzene rings is 2. The second kappa shape index (κ2) is 8.78. The summed E-state index contributed by atoms with van der Waals surface area (Å²) in [5.41, 5.74) is 1.58. The Bertz CT molecular complexity index is 923. The second-order valence-electron chi connectivity index (χ2n) is 6.31. The minimum atomic E-state index is -0.256. The van der Waals surface area contributed by atoms with Crippen molar-refractivity contribution in [3.63, 3.8) is 0 Å². The maximum atomic E-state index is 13.1. The lowest BCUT2D eigenvalue weighted by Gasteiger charge is -2.10. The Morgan fingerprint density at radius 1 is 1.22 bits per heavy atom. The molecule has 0 bridgehead atoms. The Labute approximate surface area is 167 Å². The number of amides is 1. The molecule has 1 saturated heterocycles. The minimum Gasteiger partial charge on any atom is -0.451 e. The van der Waals surface area contributed by atoms with Crippen LogP contribution in [0.15, 0.2) is 57.8 Å². The van der Waals surface area contributed by atoms with E-state index < -0.39 is 0 Å². The average Bonchev–Trinajstić information content (AvgIpc) is 3.29. The van der Waals surface area contributed by atoms with E-state index in [1.807, 2.05) is 24.3 Å². The molecule has 2 aromatic carbocycles. The SMILES string of the molecule is Cl.O=C(NC1CCNC1)c1oc2ccccc2c1CSc1ccc(F)cc1. The van der Waals surface area contributed by atoms with E-state index in [1.54, 1.807) is 23.9 Å². The summed E-state index contributed by atoms with van der Waals surface area (Å²) in [6, 6.07) is 14.2. The van der Waals surface area contributed by atoms with Crippen molar-refractivity contribution >= 4 is 41.0 Å². The normalized spacial score (nSPS) is 16.3. The predicted octanol–water partition coefficient (Wildman–Crippen LogP) is 4.38. The summed E-state index contributed by atoms with van der Waals surface area (Å²) < 4.78 is 19.0. The van der Waals surface area contributed by atoms with Crippen LogP contribution in [-0.4, -0.2) is 25.0 Å². The number of hydrogen-bond acceptors (Lipinski definition) is 4. The molecule has 4 nitrogen and oxygen atoms in total. The molecule has 27 heavy (non-hydrogen) atoms. The fraction of sp³-hybridized carbons (Fsp3) is 0.250. The molecule has 142 valence electrons. The summed E-state index contributed by atoms with van der Waals surface area (Å²) in [6.45, 7) is 1.70. The van der Waals surface area contributed by atoms with Crippen molar-refractivity contribution in [3.8, 4) is 0 Å². The zero-order valence-electron chi connectivity index (χ0n) is 14.5. The minimum absolute atomic E-state index is 0. The fourth-order valence-electron chi connectivity index (χ4n) is 3.14. The summed E-state index contributed by atoms with van der Waals surface area (Å²) in [5.74, 6) is 0.513. The zero-order chi connectivity index (χ0) is 17.9. The summed E-state index contributed by atoms with van der Waals surface area (Å²) in [5, 5.41) is 7.23. The molecule has 0 saturated carbocycles. The van der Waals surface area contributed by atoms with Crippen LogP contribution in [0, 0.1) is 5.82 Å². The highest BCUT2D eigenvalue weighted by atomic mass is 35.5. The predicted molar refractivity (Wildman–Crippen MR) is 108 cm³/mol. The Morgan fingerprint density at radius 3 is 2.74 bits per heavy atom. The number of fused-ring (bicyclic) bond motifs is 1. The van der Waals surface area contributed by atoms with E-state index in [0.29, 0.717) is 17.1 Å². The summed E-state index contributed by atoms with van der Waals surface area (Å²) >= 11 is 1.56. The van der Waals surface area contributed by atoms with Gasteiger partial charge in [-0.25, -0.2) is 4.39 Å². The Kier molecular flexibility index (Phi) is 6.42. The third kappa shape index (κ3) is 4.46. The average molecular weight is 407 g/mol. The van der Waals surface area contributed by atoms with E-state index in [9.17, 15) is 9.18 Å². The van der Waals surface area contributed by atoms with Gasteiger partial charge in [0, 0.05) is 34.2 Å². The topological polar surface area (TPSA) is 54.3 Å². The van der Waals surface area contributed by atoms with Gasteiger partial charge in [0.25, 0.3) is 5.91 Å². The van der Waals surface area contributed by atoms with Crippen LogP contribution in [0.5, 0.6) is 0 Å². The third-order valence-corrected chi connectivity index (χ3v) is 5.54. The van der Waals surface area contributed by atoms with Crippen molar-refractivity contribution in [1.29, 1.82) is 0 Å². The number of rotatable bonds is 5. The largest absolute Gasteiger partial charge is 0.451 e. The highest BCUT2D eigenvalue weighted by Crippen LogP contribution is 2.32. The van der Waals surface area contributed by atoms with Crippen LogP contribution in [0.1, 0.15) is 22.5 Å². The standard InChI is InChI=1S/C20H19FN2O2S.ClH/c21-13-5-7-15(8-6-13)26-12-17-16-3-1-2-4-18(16)25-19(17)20(24)23-14-9-10-22-11-14;/h1-8,14,22H,9-12H2,(H,23,24);1H. The van der Waals surface area contributed by atoms with Crippen molar-refractivity contribution in [2.45, 2.75) is 23.1 Å². The highest BCUT2D eigenvalue weighted by molar-refractivity contribution is 7.98. The molecule has 1 unspecified atom stereocenters. The maximum absolute atomic E-state index is 13.1. The van der Waals surface area contributed by atoms with E-state index in [0.717, 1.165) is 35.4 Å². The number of carbonyl (C=O) groups is 1. The molecule has 1 aliphatic rings. The lowest BCUT2D eigenvalue weighted by molar-refractivity contribution is 0.0913. The molecule has 2 N–H and O–H groups in total. The Balaban J connectivity index is 0.00000210. The lowest BCUT2D eigenvalue weighted by atomic mass is 10.1. The van der Waals surface area contributed by atoms with Crippen molar-refractivity contribution in [3.05, 3.63) is 65.7 Å². The van der Waals surface area contributed by atoms with Gasteiger partial charge in [0.1, 0.15) is 11.4 Å². The van der Waals surface area contributed by atoms with Gasteiger partial charge in [-0.15, -0.1) is 24.2 Å². The van der Waals surface area contributed by atoms with E-state index in [-0.39, 0.29) is 30.2 Å². The van der Waals surface area contributed by atoms with Crippen LogP contribution in [0.2, 0.25) is 0 Å². The third-order valence-electron chi connectivity index (χ3n) is 4.50. The molecular weight excluding hydrogens is 387 g/mol. The monoisotopic (exact) mass is 406 g/mol. The van der Waals surface area contributed by atoms with Crippen molar-refractivity contribution in [1.82, 2.24) is 10.6 Å². The second-order valence-corrected chi connectivity index (χ2v) is 7.36. The number of hydrogen-bond donors (Lipinski definition) is 2. The first kappa shape index (κ1) is 19.7. The Morgan fingerprint density at radius 2 is 2.00 bits per heavy atom. The summed E-state index contributed by atoms with van der Waals surface area (Å²) in [6.07, 6.45) is 0.922. The lowest BCUT2D eigenvalue weighted by Crippen LogP contribution is -2.36.